The standard InChI is InChI=1S/C7H14N4/c1-9-7(10-2)6(8)4-3-5-11-7/h3-5,9-11H,8H2,1-2H3. The molecule has 1 aliphatic rings. The third kappa shape index (κ3) is 1.22. The Hall–Kier alpha value is -1.00. The number of nitrogens with one attached hydrogen (secondary N) is 3. The Bertz CT molecular complexity index is 191. The van der Waals surface area contributed by atoms with Crippen molar-refractivity contribution in [3.8, 4) is 0 Å². The van der Waals surface area contributed by atoms with Crippen LogP contribution in [0.1, 0.15) is 0 Å². The minimum absolute atomic E-state index is 0.477. The van der Waals surface area contributed by atoms with E-state index in [9.17, 15) is 0 Å². The fourth-order valence-corrected chi connectivity index (χ4v) is 1.09. The van der Waals surface area contributed by atoms with Gasteiger partial charge < -0.3 is 11.1 Å². The molecule has 1 heterocycles. The van der Waals surface area contributed by atoms with Gasteiger partial charge in [-0.3, -0.25) is 10.6 Å². The van der Waals surface area contributed by atoms with E-state index < -0.39 is 5.79 Å². The predicted molar refractivity (Wildman–Crippen MR) is 45.4 cm³/mol. The quantitative estimate of drug-likeness (QED) is 0.387. The van der Waals surface area contributed by atoms with Crippen LogP contribution in [0.2, 0.25) is 0 Å². The number of hydrogen-bond acceptors (Lipinski definition) is 4. The average molecular weight is 154 g/mol. The highest BCUT2D eigenvalue weighted by molar-refractivity contribution is 5.25. The molecule has 0 saturated heterocycles. The van der Waals surface area contributed by atoms with Gasteiger partial charge in [0.1, 0.15) is 0 Å². The van der Waals surface area contributed by atoms with Gasteiger partial charge in [0.2, 0.25) is 0 Å². The second-order valence-corrected chi connectivity index (χ2v) is 2.38. The first-order valence-corrected chi connectivity index (χ1v) is 3.53. The molecule has 0 aliphatic carbocycles. The fourth-order valence-electron chi connectivity index (χ4n) is 1.09. The Labute approximate surface area is 66.5 Å². The molecule has 0 aromatic rings. The lowest BCUT2D eigenvalue weighted by atomic mass is 10.2. The van der Waals surface area contributed by atoms with E-state index in [1.54, 1.807) is 0 Å². The zero-order valence-electron chi connectivity index (χ0n) is 6.81. The minimum atomic E-state index is -0.477. The lowest BCUT2D eigenvalue weighted by molar-refractivity contribution is 0.306. The molecule has 0 saturated carbocycles. The summed E-state index contributed by atoms with van der Waals surface area (Å²) in [6.45, 7) is 0. The lowest BCUT2D eigenvalue weighted by Gasteiger charge is -2.35. The van der Waals surface area contributed by atoms with E-state index in [4.69, 9.17) is 5.73 Å². The van der Waals surface area contributed by atoms with Crippen LogP contribution in [-0.4, -0.2) is 19.9 Å². The molecule has 0 bridgehead atoms. The Morgan fingerprint density at radius 2 is 2.09 bits per heavy atom. The van der Waals surface area contributed by atoms with Crippen LogP contribution in [-0.2, 0) is 0 Å². The van der Waals surface area contributed by atoms with Crippen molar-refractivity contribution in [3.05, 3.63) is 24.0 Å². The van der Waals surface area contributed by atoms with Crippen molar-refractivity contribution >= 4 is 0 Å². The highest BCUT2D eigenvalue weighted by atomic mass is 15.3. The number of hydrogen-bond donors (Lipinski definition) is 4. The Balaban J connectivity index is 2.85. The van der Waals surface area contributed by atoms with Gasteiger partial charge in [-0.2, -0.15) is 0 Å². The molecule has 0 atom stereocenters. The number of nitrogens with two attached hydrogens (primary N) is 1. The molecule has 4 nitrogen and oxygen atoms in total. The first-order valence-electron chi connectivity index (χ1n) is 3.53. The van der Waals surface area contributed by atoms with Crippen LogP contribution < -0.4 is 21.7 Å². The van der Waals surface area contributed by atoms with Gasteiger partial charge in [-0.15, -0.1) is 0 Å². The van der Waals surface area contributed by atoms with Crippen molar-refractivity contribution in [1.82, 2.24) is 16.0 Å². The van der Waals surface area contributed by atoms with E-state index in [1.165, 1.54) is 0 Å². The molecule has 1 rings (SSSR count). The Morgan fingerprint density at radius 3 is 2.45 bits per heavy atom. The first-order chi connectivity index (χ1) is 5.25. The maximum Gasteiger partial charge on any atom is 0.184 e. The van der Waals surface area contributed by atoms with Crippen LogP contribution in [0.25, 0.3) is 0 Å². The van der Waals surface area contributed by atoms with Gasteiger partial charge in [0.05, 0.1) is 5.70 Å². The van der Waals surface area contributed by atoms with Crippen LogP contribution >= 0.6 is 0 Å². The highest BCUT2D eigenvalue weighted by Gasteiger charge is 2.28. The number of dihydropyridines is 1. The summed E-state index contributed by atoms with van der Waals surface area (Å²) >= 11 is 0. The third-order valence-corrected chi connectivity index (χ3v) is 1.85. The molecule has 0 unspecified atom stereocenters. The molecule has 0 fully saturated rings. The molecule has 0 radical (unpaired) electrons. The summed E-state index contributed by atoms with van der Waals surface area (Å²) in [5.74, 6) is -0.477. The van der Waals surface area contributed by atoms with E-state index in [1.807, 2.05) is 32.4 Å². The monoisotopic (exact) mass is 154 g/mol. The van der Waals surface area contributed by atoms with E-state index in [-0.39, 0.29) is 0 Å². The molecular formula is C7H14N4. The normalized spacial score (nSPS) is 20.7. The smallest absolute Gasteiger partial charge is 0.184 e. The van der Waals surface area contributed by atoms with Gasteiger partial charge in [-0.25, -0.2) is 0 Å². The molecule has 0 amide bonds. The van der Waals surface area contributed by atoms with E-state index in [0.717, 1.165) is 5.70 Å². The molecule has 5 N–H and O–H groups in total. The maximum absolute atomic E-state index is 5.76. The van der Waals surface area contributed by atoms with Crippen molar-refractivity contribution in [2.75, 3.05) is 14.1 Å². The topological polar surface area (TPSA) is 62.1 Å². The van der Waals surface area contributed by atoms with Crippen molar-refractivity contribution in [1.29, 1.82) is 0 Å². The predicted octanol–water partition coefficient (Wildman–Crippen LogP) is -0.961. The van der Waals surface area contributed by atoms with Crippen LogP contribution in [0.4, 0.5) is 0 Å². The maximum atomic E-state index is 5.76. The van der Waals surface area contributed by atoms with Crippen LogP contribution in [0, 0.1) is 0 Å². The molecule has 11 heavy (non-hydrogen) atoms. The van der Waals surface area contributed by atoms with Crippen LogP contribution in [0.3, 0.4) is 0 Å². The Morgan fingerprint density at radius 1 is 1.45 bits per heavy atom. The zero-order valence-corrected chi connectivity index (χ0v) is 6.81. The summed E-state index contributed by atoms with van der Waals surface area (Å²) < 4.78 is 0. The second-order valence-electron chi connectivity index (χ2n) is 2.38. The summed E-state index contributed by atoms with van der Waals surface area (Å²) in [5.41, 5.74) is 6.48. The molecule has 62 valence electrons. The lowest BCUT2D eigenvalue weighted by Crippen LogP contribution is -2.66. The van der Waals surface area contributed by atoms with Gasteiger partial charge in [0, 0.05) is 0 Å². The number of rotatable bonds is 2. The van der Waals surface area contributed by atoms with Gasteiger partial charge >= 0.3 is 0 Å². The fraction of sp³-hybridized carbons (Fsp3) is 0.429. The van der Waals surface area contributed by atoms with Gasteiger partial charge in [-0.05, 0) is 32.4 Å². The molecular weight excluding hydrogens is 140 g/mol. The zero-order chi connectivity index (χ0) is 8.32. The van der Waals surface area contributed by atoms with E-state index in [0.29, 0.717) is 0 Å². The van der Waals surface area contributed by atoms with Gasteiger partial charge in [0.15, 0.2) is 5.79 Å². The average Bonchev–Trinajstić information content (AvgIpc) is 2.06. The van der Waals surface area contributed by atoms with Crippen molar-refractivity contribution in [3.63, 3.8) is 0 Å². The van der Waals surface area contributed by atoms with E-state index in [2.05, 4.69) is 16.0 Å². The van der Waals surface area contributed by atoms with Crippen molar-refractivity contribution in [2.45, 2.75) is 5.79 Å². The molecule has 1 aliphatic heterocycles. The minimum Gasteiger partial charge on any atom is -0.398 e. The molecule has 0 aromatic heterocycles. The summed E-state index contributed by atoms with van der Waals surface area (Å²) in [6, 6.07) is 0. The van der Waals surface area contributed by atoms with Gasteiger partial charge in [0.25, 0.3) is 0 Å². The Kier molecular flexibility index (Phi) is 2.16. The SMILES string of the molecule is CNC1(NC)NC=CC=C1N. The number of likely N-dealkylation sites (N-methyl/N-ethyl adjacent to an activating group) is 2. The summed E-state index contributed by atoms with van der Waals surface area (Å²) in [4.78, 5) is 0. The molecule has 0 spiro atoms. The molecule has 0 aromatic carbocycles. The first kappa shape index (κ1) is 8.10. The second kappa shape index (κ2) is 2.94. The van der Waals surface area contributed by atoms with Crippen molar-refractivity contribution in [2.24, 2.45) is 5.73 Å². The summed E-state index contributed by atoms with van der Waals surface area (Å²) in [5, 5.41) is 9.19. The van der Waals surface area contributed by atoms with Gasteiger partial charge in [-0.1, -0.05) is 0 Å². The summed E-state index contributed by atoms with van der Waals surface area (Å²) in [7, 11) is 3.67. The van der Waals surface area contributed by atoms with Crippen molar-refractivity contribution < 1.29 is 0 Å². The largest absolute Gasteiger partial charge is 0.398 e. The summed E-state index contributed by atoms with van der Waals surface area (Å²) in [6.07, 6.45) is 5.55. The molecule has 4 heteroatoms. The van der Waals surface area contributed by atoms with Crippen LogP contribution in [0.15, 0.2) is 24.0 Å². The van der Waals surface area contributed by atoms with E-state index >= 15 is 0 Å². The third-order valence-electron chi connectivity index (χ3n) is 1.85. The highest BCUT2D eigenvalue weighted by Crippen LogP contribution is 2.07. The van der Waals surface area contributed by atoms with Crippen LogP contribution in [0.5, 0.6) is 0 Å². The number of allylic oxidation sites excluding steroid dienone is 2.